The summed E-state index contributed by atoms with van der Waals surface area (Å²) in [5, 5.41) is 12.3. The molecule has 1 fully saturated rings. The summed E-state index contributed by atoms with van der Waals surface area (Å²) in [6.45, 7) is 4.28. The molecule has 1 heterocycles. The van der Waals surface area contributed by atoms with Crippen LogP contribution in [0.1, 0.15) is 78.9 Å². The van der Waals surface area contributed by atoms with E-state index in [1.54, 1.807) is 12.3 Å². The molecule has 5 rings (SSSR count). The molecule has 2 aromatic rings. The van der Waals surface area contributed by atoms with Crippen molar-refractivity contribution in [2.24, 2.45) is 17.3 Å². The maximum absolute atomic E-state index is 13.9. The molecule has 1 aromatic heterocycles. The summed E-state index contributed by atoms with van der Waals surface area (Å²) in [5.41, 5.74) is 5.64. The van der Waals surface area contributed by atoms with E-state index < -0.39 is 0 Å². The number of hydrogen-bond acceptors (Lipinski definition) is 3. The third kappa shape index (κ3) is 3.80. The number of halogens is 1. The smallest absolute Gasteiger partial charge is 0.251 e. The van der Waals surface area contributed by atoms with Gasteiger partial charge < -0.3 is 10.4 Å². The second kappa shape index (κ2) is 8.68. The summed E-state index contributed by atoms with van der Waals surface area (Å²) in [4.78, 5) is 16.8. The largest absolute Gasteiger partial charge is 0.394 e. The van der Waals surface area contributed by atoms with Crippen LogP contribution in [0.5, 0.6) is 0 Å². The predicted octanol–water partition coefficient (Wildman–Crippen LogP) is 5.27. The van der Waals surface area contributed by atoms with Gasteiger partial charge in [0.15, 0.2) is 0 Å². The molecule has 1 unspecified atom stereocenters. The first kappa shape index (κ1) is 22.3. The first-order valence-electron chi connectivity index (χ1n) is 12.3. The number of nitrogens with one attached hydrogen (secondary N) is 1. The molecular weight excluding hydrogens is 415 g/mol. The van der Waals surface area contributed by atoms with Crippen LogP contribution in [0.2, 0.25) is 0 Å². The summed E-state index contributed by atoms with van der Waals surface area (Å²) in [6.07, 6.45) is 11.5. The zero-order valence-electron chi connectivity index (χ0n) is 19.5. The minimum Gasteiger partial charge on any atom is -0.394 e. The van der Waals surface area contributed by atoms with Gasteiger partial charge in [-0.2, -0.15) is 0 Å². The zero-order valence-corrected chi connectivity index (χ0v) is 19.5. The van der Waals surface area contributed by atoms with Crippen LogP contribution in [0.4, 0.5) is 4.39 Å². The SMILES string of the molecule is CCC(CO)NC(=O)c1ccc2c(c1)CC[C@@H]1[C@@H]2CC[C@]2(C)C(c3cncc(F)c3)=CC[C@@H]12. The number of benzene rings is 1. The highest BCUT2D eigenvalue weighted by Crippen LogP contribution is 2.63. The molecule has 0 spiro atoms. The molecule has 1 aromatic carbocycles. The molecule has 3 aliphatic rings. The molecule has 3 aliphatic carbocycles. The van der Waals surface area contributed by atoms with Crippen molar-refractivity contribution >= 4 is 11.5 Å². The fourth-order valence-electron chi connectivity index (χ4n) is 6.84. The van der Waals surface area contributed by atoms with Crippen LogP contribution in [0, 0.1) is 23.1 Å². The van der Waals surface area contributed by atoms with Crippen LogP contribution >= 0.6 is 0 Å². The second-order valence-electron chi connectivity index (χ2n) is 10.3. The van der Waals surface area contributed by atoms with Crippen molar-refractivity contribution < 1.29 is 14.3 Å². The maximum Gasteiger partial charge on any atom is 0.251 e. The van der Waals surface area contributed by atoms with Gasteiger partial charge in [-0.25, -0.2) is 4.39 Å². The van der Waals surface area contributed by atoms with E-state index in [9.17, 15) is 14.3 Å². The molecule has 1 saturated carbocycles. The van der Waals surface area contributed by atoms with E-state index in [0.717, 1.165) is 37.7 Å². The quantitative estimate of drug-likeness (QED) is 0.655. The Morgan fingerprint density at radius 2 is 2.15 bits per heavy atom. The molecule has 0 radical (unpaired) electrons. The van der Waals surface area contributed by atoms with E-state index in [0.29, 0.717) is 29.7 Å². The molecule has 33 heavy (non-hydrogen) atoms. The fourth-order valence-corrected chi connectivity index (χ4v) is 6.84. The van der Waals surface area contributed by atoms with E-state index in [1.807, 2.05) is 13.0 Å². The molecule has 1 amide bonds. The number of aliphatic hydroxyl groups excluding tert-OH is 1. The number of nitrogens with zero attached hydrogens (tertiary/aromatic N) is 1. The van der Waals surface area contributed by atoms with Gasteiger partial charge in [-0.1, -0.05) is 26.0 Å². The summed E-state index contributed by atoms with van der Waals surface area (Å²) in [7, 11) is 0. The molecule has 2 N–H and O–H groups in total. The maximum atomic E-state index is 13.9. The topological polar surface area (TPSA) is 62.2 Å². The molecule has 5 atom stereocenters. The van der Waals surface area contributed by atoms with Crippen molar-refractivity contribution in [3.8, 4) is 0 Å². The Balaban J connectivity index is 1.37. The number of aromatic nitrogens is 1. The lowest BCUT2D eigenvalue weighted by molar-refractivity contribution is 0.0882. The lowest BCUT2D eigenvalue weighted by Crippen LogP contribution is -2.41. The first-order chi connectivity index (χ1) is 15.9. The van der Waals surface area contributed by atoms with Gasteiger partial charge in [0.2, 0.25) is 0 Å². The van der Waals surface area contributed by atoms with E-state index in [1.165, 1.54) is 22.9 Å². The average Bonchev–Trinajstić information content (AvgIpc) is 3.19. The van der Waals surface area contributed by atoms with Crippen molar-refractivity contribution in [2.45, 2.75) is 64.3 Å². The number of aliphatic hydroxyl groups is 1. The van der Waals surface area contributed by atoms with Crippen molar-refractivity contribution in [1.82, 2.24) is 10.3 Å². The minimum absolute atomic E-state index is 0.0429. The van der Waals surface area contributed by atoms with Gasteiger partial charge in [0.25, 0.3) is 5.91 Å². The van der Waals surface area contributed by atoms with E-state index >= 15 is 0 Å². The number of carbonyl (C=O) groups is 1. The van der Waals surface area contributed by atoms with Crippen LogP contribution < -0.4 is 5.32 Å². The Labute approximate surface area is 195 Å². The minimum atomic E-state index is -0.273. The third-order valence-electron chi connectivity index (χ3n) is 8.63. The molecule has 0 saturated heterocycles. The summed E-state index contributed by atoms with van der Waals surface area (Å²) >= 11 is 0. The Hall–Kier alpha value is -2.53. The fraction of sp³-hybridized carbons (Fsp3) is 0.500. The molecule has 0 bridgehead atoms. The van der Waals surface area contributed by atoms with E-state index in [2.05, 4.69) is 35.4 Å². The number of hydrogen-bond donors (Lipinski definition) is 2. The van der Waals surface area contributed by atoms with Gasteiger partial charge in [0.1, 0.15) is 5.82 Å². The van der Waals surface area contributed by atoms with Crippen molar-refractivity contribution in [3.63, 3.8) is 0 Å². The highest BCUT2D eigenvalue weighted by molar-refractivity contribution is 5.94. The van der Waals surface area contributed by atoms with Crippen LogP contribution in [-0.2, 0) is 6.42 Å². The molecule has 174 valence electrons. The zero-order chi connectivity index (χ0) is 23.2. The lowest BCUT2D eigenvalue weighted by Gasteiger charge is -2.50. The number of rotatable bonds is 5. The Morgan fingerprint density at radius 1 is 1.30 bits per heavy atom. The number of aryl methyl sites for hydroxylation is 1. The van der Waals surface area contributed by atoms with Gasteiger partial charge in [0, 0.05) is 11.8 Å². The lowest BCUT2D eigenvalue weighted by atomic mass is 9.54. The monoisotopic (exact) mass is 448 g/mol. The average molecular weight is 449 g/mol. The molecule has 0 aliphatic heterocycles. The van der Waals surface area contributed by atoms with Gasteiger partial charge >= 0.3 is 0 Å². The number of fused-ring (bicyclic) bond motifs is 5. The number of carbonyl (C=O) groups excluding carboxylic acids is 1. The van der Waals surface area contributed by atoms with Crippen molar-refractivity contribution in [3.05, 3.63) is 70.8 Å². The van der Waals surface area contributed by atoms with Gasteiger partial charge in [-0.05, 0) is 102 Å². The van der Waals surface area contributed by atoms with Gasteiger partial charge in [-0.15, -0.1) is 0 Å². The standard InChI is InChI=1S/C28H33FN2O2/c1-3-21(16-32)31-27(33)18-5-6-22-17(12-18)4-7-24-23(22)10-11-28(2)25(8-9-26(24)28)19-13-20(29)15-30-14-19/h5-6,8,12-15,21,23-24,26,32H,3-4,7,9-11,16H2,1-2H3,(H,31,33)/t21?,23-,24-,26+,28-/m1/s1. The van der Waals surface area contributed by atoms with E-state index in [4.69, 9.17) is 0 Å². The summed E-state index contributed by atoms with van der Waals surface area (Å²) in [5.74, 6) is 1.30. The normalized spacial score (nSPS) is 28.8. The highest BCUT2D eigenvalue weighted by Gasteiger charge is 2.52. The Morgan fingerprint density at radius 3 is 2.91 bits per heavy atom. The summed E-state index contributed by atoms with van der Waals surface area (Å²) < 4.78 is 13.9. The molecule has 4 nitrogen and oxygen atoms in total. The van der Waals surface area contributed by atoms with Crippen LogP contribution in [0.25, 0.3) is 5.57 Å². The van der Waals surface area contributed by atoms with Gasteiger partial charge in [-0.3, -0.25) is 9.78 Å². The summed E-state index contributed by atoms with van der Waals surface area (Å²) in [6, 6.07) is 7.61. The Bertz CT molecular complexity index is 1090. The predicted molar refractivity (Wildman–Crippen MR) is 127 cm³/mol. The van der Waals surface area contributed by atoms with Crippen LogP contribution in [0.3, 0.4) is 0 Å². The third-order valence-corrected chi connectivity index (χ3v) is 8.63. The number of pyridine rings is 1. The van der Waals surface area contributed by atoms with Crippen molar-refractivity contribution in [1.29, 1.82) is 0 Å². The van der Waals surface area contributed by atoms with Gasteiger partial charge in [0.05, 0.1) is 18.8 Å². The van der Waals surface area contributed by atoms with Crippen LogP contribution in [0.15, 0.2) is 42.7 Å². The molecular formula is C28H33FN2O2. The van der Waals surface area contributed by atoms with E-state index in [-0.39, 0.29) is 29.8 Å². The Kier molecular flexibility index (Phi) is 5.86. The first-order valence-corrected chi connectivity index (χ1v) is 12.3. The van der Waals surface area contributed by atoms with Crippen molar-refractivity contribution in [2.75, 3.05) is 6.61 Å². The molecule has 5 heteroatoms. The number of amides is 1. The van der Waals surface area contributed by atoms with Crippen LogP contribution in [-0.4, -0.2) is 28.6 Å². The highest BCUT2D eigenvalue weighted by atomic mass is 19.1. The number of allylic oxidation sites excluding steroid dienone is 2. The second-order valence-corrected chi connectivity index (χ2v) is 10.3.